The molecule has 2 rings (SSSR count). The zero-order valence-corrected chi connectivity index (χ0v) is 7.56. The highest BCUT2D eigenvalue weighted by atomic mass is 35.5. The molecule has 1 aromatic carbocycles. The van der Waals surface area contributed by atoms with Gasteiger partial charge in [0.15, 0.2) is 0 Å². The van der Waals surface area contributed by atoms with E-state index in [2.05, 4.69) is 5.32 Å². The van der Waals surface area contributed by atoms with Crippen LogP contribution in [0.15, 0.2) is 12.1 Å². The number of aliphatic hydroxyl groups is 1. The largest absolute Gasteiger partial charge is 0.392 e. The van der Waals surface area contributed by atoms with E-state index >= 15 is 0 Å². The summed E-state index contributed by atoms with van der Waals surface area (Å²) in [5.74, 6) is -0.0267. The molecule has 0 saturated heterocycles. The molecule has 0 aliphatic carbocycles. The van der Waals surface area contributed by atoms with Gasteiger partial charge in [0.2, 0.25) is 5.91 Å². The van der Waals surface area contributed by atoms with Crippen molar-refractivity contribution in [2.24, 2.45) is 0 Å². The molecule has 0 fully saturated rings. The summed E-state index contributed by atoms with van der Waals surface area (Å²) in [5.41, 5.74) is 2.32. The lowest BCUT2D eigenvalue weighted by molar-refractivity contribution is -0.115. The Kier molecular flexibility index (Phi) is 1.98. The topological polar surface area (TPSA) is 49.3 Å². The van der Waals surface area contributed by atoms with Crippen LogP contribution in [0.4, 0.5) is 5.69 Å². The number of hydrogen-bond donors (Lipinski definition) is 2. The molecule has 68 valence electrons. The van der Waals surface area contributed by atoms with Gasteiger partial charge in [-0.2, -0.15) is 0 Å². The summed E-state index contributed by atoms with van der Waals surface area (Å²) in [7, 11) is 0. The van der Waals surface area contributed by atoms with Gasteiger partial charge in [-0.3, -0.25) is 4.79 Å². The Hall–Kier alpha value is -1.06. The maximum Gasteiger partial charge on any atom is 0.228 e. The normalized spacial score (nSPS) is 14.2. The predicted octanol–water partition coefficient (Wildman–Crippen LogP) is 1.33. The van der Waals surface area contributed by atoms with Gasteiger partial charge in [0.05, 0.1) is 13.0 Å². The fourth-order valence-corrected chi connectivity index (χ4v) is 1.64. The van der Waals surface area contributed by atoms with Crippen molar-refractivity contribution in [2.45, 2.75) is 13.0 Å². The van der Waals surface area contributed by atoms with Crippen molar-refractivity contribution in [1.29, 1.82) is 0 Å². The van der Waals surface area contributed by atoms with E-state index in [0.717, 1.165) is 11.3 Å². The highest BCUT2D eigenvalue weighted by Crippen LogP contribution is 2.29. The molecule has 0 bridgehead atoms. The van der Waals surface area contributed by atoms with Gasteiger partial charge in [-0.15, -0.1) is 0 Å². The van der Waals surface area contributed by atoms with E-state index < -0.39 is 0 Å². The van der Waals surface area contributed by atoms with E-state index in [9.17, 15) is 4.79 Å². The lowest BCUT2D eigenvalue weighted by atomic mass is 10.1. The predicted molar refractivity (Wildman–Crippen MR) is 49.7 cm³/mol. The maximum atomic E-state index is 11.0. The minimum absolute atomic E-state index is 0.0267. The number of halogens is 1. The summed E-state index contributed by atoms with van der Waals surface area (Å²) >= 11 is 5.84. The van der Waals surface area contributed by atoms with Crippen LogP contribution < -0.4 is 5.32 Å². The Balaban J connectivity index is 2.50. The number of carbonyl (C=O) groups is 1. The number of hydrogen-bond acceptors (Lipinski definition) is 2. The SMILES string of the molecule is O=C1Cc2cc(CO)c(Cl)cc2N1. The average molecular weight is 198 g/mol. The standard InChI is InChI=1S/C9H8ClNO2/c10-7-3-8-5(1-6(7)4-12)2-9(13)11-8/h1,3,12H,2,4H2,(H,11,13). The van der Waals surface area contributed by atoms with Gasteiger partial charge in [-0.1, -0.05) is 11.6 Å². The van der Waals surface area contributed by atoms with Crippen molar-refractivity contribution in [3.05, 3.63) is 28.3 Å². The number of carbonyl (C=O) groups excluding carboxylic acids is 1. The number of fused-ring (bicyclic) bond motifs is 1. The molecule has 0 saturated carbocycles. The zero-order chi connectivity index (χ0) is 9.42. The first-order chi connectivity index (χ1) is 6.20. The van der Waals surface area contributed by atoms with Gasteiger partial charge in [0.25, 0.3) is 0 Å². The van der Waals surface area contributed by atoms with Crippen LogP contribution in [0, 0.1) is 0 Å². The Morgan fingerprint density at radius 3 is 3.00 bits per heavy atom. The number of benzene rings is 1. The molecule has 0 spiro atoms. The van der Waals surface area contributed by atoms with E-state index in [1.54, 1.807) is 12.1 Å². The molecule has 1 heterocycles. The van der Waals surface area contributed by atoms with Crippen LogP contribution in [0.1, 0.15) is 11.1 Å². The van der Waals surface area contributed by atoms with E-state index in [1.807, 2.05) is 0 Å². The van der Waals surface area contributed by atoms with Crippen molar-refractivity contribution >= 4 is 23.2 Å². The Labute approximate surface area is 80.3 Å². The molecule has 1 aliphatic rings. The maximum absolute atomic E-state index is 11.0. The van der Waals surface area contributed by atoms with Crippen LogP contribution in [0.25, 0.3) is 0 Å². The van der Waals surface area contributed by atoms with Gasteiger partial charge in [0.1, 0.15) is 0 Å². The molecule has 3 nitrogen and oxygen atoms in total. The number of amides is 1. The fourth-order valence-electron chi connectivity index (χ4n) is 1.42. The van der Waals surface area contributed by atoms with Crippen molar-refractivity contribution in [3.63, 3.8) is 0 Å². The summed E-state index contributed by atoms with van der Waals surface area (Å²) in [6.45, 7) is -0.0969. The lowest BCUT2D eigenvalue weighted by Crippen LogP contribution is -2.03. The second kappa shape index (κ2) is 3.01. The average Bonchev–Trinajstić information content (AvgIpc) is 2.42. The Bertz CT molecular complexity index is 376. The molecule has 1 amide bonds. The first kappa shape index (κ1) is 8.53. The van der Waals surface area contributed by atoms with Crippen LogP contribution >= 0.6 is 11.6 Å². The number of rotatable bonds is 1. The second-order valence-electron chi connectivity index (χ2n) is 2.98. The van der Waals surface area contributed by atoms with Crippen LogP contribution in [0.2, 0.25) is 5.02 Å². The van der Waals surface area contributed by atoms with Crippen molar-refractivity contribution < 1.29 is 9.90 Å². The van der Waals surface area contributed by atoms with E-state index in [1.165, 1.54) is 0 Å². The van der Waals surface area contributed by atoms with Crippen LogP contribution in [-0.2, 0) is 17.8 Å². The quantitative estimate of drug-likeness (QED) is 0.714. The van der Waals surface area contributed by atoms with Gasteiger partial charge < -0.3 is 10.4 Å². The van der Waals surface area contributed by atoms with Crippen LogP contribution in [0.3, 0.4) is 0 Å². The van der Waals surface area contributed by atoms with Crippen molar-refractivity contribution in [3.8, 4) is 0 Å². The molecule has 1 aliphatic heterocycles. The van der Waals surface area contributed by atoms with Crippen molar-refractivity contribution in [1.82, 2.24) is 0 Å². The molecule has 0 unspecified atom stereocenters. The summed E-state index contributed by atoms with van der Waals surface area (Å²) < 4.78 is 0. The fraction of sp³-hybridized carbons (Fsp3) is 0.222. The van der Waals surface area contributed by atoms with Crippen LogP contribution in [0.5, 0.6) is 0 Å². The third-order valence-electron chi connectivity index (χ3n) is 2.07. The summed E-state index contributed by atoms with van der Waals surface area (Å²) in [4.78, 5) is 11.0. The number of nitrogens with one attached hydrogen (secondary N) is 1. The minimum atomic E-state index is -0.0969. The lowest BCUT2D eigenvalue weighted by Gasteiger charge is -2.03. The summed E-state index contributed by atoms with van der Waals surface area (Å²) in [6, 6.07) is 3.43. The molecule has 0 aromatic heterocycles. The van der Waals surface area contributed by atoms with E-state index in [4.69, 9.17) is 16.7 Å². The zero-order valence-electron chi connectivity index (χ0n) is 6.80. The number of aliphatic hydroxyl groups excluding tert-OH is 1. The van der Waals surface area contributed by atoms with E-state index in [0.29, 0.717) is 17.0 Å². The molecule has 2 N–H and O–H groups in total. The summed E-state index contributed by atoms with van der Waals surface area (Å²) in [6.07, 6.45) is 0.375. The summed E-state index contributed by atoms with van der Waals surface area (Å²) in [5, 5.41) is 12.1. The molecular formula is C9H8ClNO2. The van der Waals surface area contributed by atoms with E-state index in [-0.39, 0.29) is 12.5 Å². The van der Waals surface area contributed by atoms with Gasteiger partial charge in [-0.05, 0) is 23.3 Å². The molecule has 1 aromatic rings. The van der Waals surface area contributed by atoms with Gasteiger partial charge >= 0.3 is 0 Å². The number of anilines is 1. The minimum Gasteiger partial charge on any atom is -0.392 e. The third kappa shape index (κ3) is 1.41. The van der Waals surface area contributed by atoms with Gasteiger partial charge in [-0.25, -0.2) is 0 Å². The second-order valence-corrected chi connectivity index (χ2v) is 3.39. The first-order valence-electron chi connectivity index (χ1n) is 3.92. The molecule has 4 heteroatoms. The van der Waals surface area contributed by atoms with Crippen LogP contribution in [-0.4, -0.2) is 11.0 Å². The van der Waals surface area contributed by atoms with Gasteiger partial charge in [0, 0.05) is 10.7 Å². The third-order valence-corrected chi connectivity index (χ3v) is 2.42. The highest BCUT2D eigenvalue weighted by molar-refractivity contribution is 6.31. The molecular weight excluding hydrogens is 190 g/mol. The van der Waals surface area contributed by atoms with Crippen molar-refractivity contribution in [2.75, 3.05) is 5.32 Å². The Morgan fingerprint density at radius 2 is 2.31 bits per heavy atom. The molecule has 0 radical (unpaired) electrons. The molecule has 0 atom stereocenters. The smallest absolute Gasteiger partial charge is 0.228 e. The molecule has 13 heavy (non-hydrogen) atoms. The highest BCUT2D eigenvalue weighted by Gasteiger charge is 2.18. The first-order valence-corrected chi connectivity index (χ1v) is 4.30. The monoisotopic (exact) mass is 197 g/mol. The Morgan fingerprint density at radius 1 is 1.54 bits per heavy atom.